The van der Waals surface area contributed by atoms with Gasteiger partial charge in [0, 0.05) is 25.2 Å². The highest BCUT2D eigenvalue weighted by molar-refractivity contribution is 7.89. The highest BCUT2D eigenvalue weighted by atomic mass is 35.5. The molecular formula is C13H22ClN3O2S. The summed E-state index contributed by atoms with van der Waals surface area (Å²) in [5, 5.41) is 4.04. The number of alkyl halides is 1. The van der Waals surface area contributed by atoms with Crippen LogP contribution in [-0.2, 0) is 16.6 Å². The van der Waals surface area contributed by atoms with Crippen LogP contribution in [0.5, 0.6) is 0 Å². The van der Waals surface area contributed by atoms with E-state index in [1.165, 1.54) is 16.9 Å². The molecule has 0 aromatic carbocycles. The molecular weight excluding hydrogens is 298 g/mol. The van der Waals surface area contributed by atoms with E-state index in [-0.39, 0.29) is 10.9 Å². The Hall–Kier alpha value is -0.590. The Balaban J connectivity index is 2.15. The minimum absolute atomic E-state index is 0.0973. The molecule has 2 atom stereocenters. The largest absolute Gasteiger partial charge is 0.270 e. The molecule has 0 radical (unpaired) electrons. The van der Waals surface area contributed by atoms with E-state index < -0.39 is 10.0 Å². The van der Waals surface area contributed by atoms with Crippen molar-refractivity contribution in [3.63, 3.8) is 0 Å². The molecule has 1 fully saturated rings. The molecule has 1 aliphatic carbocycles. The lowest BCUT2D eigenvalue weighted by atomic mass is 9.87. The minimum Gasteiger partial charge on any atom is -0.270 e. The van der Waals surface area contributed by atoms with E-state index >= 15 is 0 Å². The molecule has 1 heterocycles. The summed E-state index contributed by atoms with van der Waals surface area (Å²) in [7, 11) is -1.78. The number of aromatic nitrogens is 2. The van der Waals surface area contributed by atoms with Gasteiger partial charge in [-0.15, -0.1) is 11.6 Å². The Bertz CT molecular complexity index is 544. The SMILES string of the molecule is CC1CCCC(N(C)S(=O)(=O)c2cnn(CCCl)c2)C1. The Kier molecular flexibility index (Phi) is 5.09. The van der Waals surface area contributed by atoms with Gasteiger partial charge in [0.2, 0.25) is 10.0 Å². The van der Waals surface area contributed by atoms with Crippen LogP contribution in [0.1, 0.15) is 32.6 Å². The monoisotopic (exact) mass is 319 g/mol. The van der Waals surface area contributed by atoms with Crippen LogP contribution in [0.4, 0.5) is 0 Å². The number of halogens is 1. The summed E-state index contributed by atoms with van der Waals surface area (Å²) in [6.45, 7) is 2.70. The molecule has 1 aromatic heterocycles. The molecule has 0 aliphatic heterocycles. The maximum absolute atomic E-state index is 12.6. The van der Waals surface area contributed by atoms with Crippen molar-refractivity contribution in [2.24, 2.45) is 5.92 Å². The third-order valence-electron chi connectivity index (χ3n) is 4.02. The first kappa shape index (κ1) is 15.8. The second-order valence-corrected chi connectivity index (χ2v) is 7.95. The molecule has 2 unspecified atom stereocenters. The van der Waals surface area contributed by atoms with E-state index in [1.54, 1.807) is 17.9 Å². The fraction of sp³-hybridized carbons (Fsp3) is 0.769. The zero-order valence-corrected chi connectivity index (χ0v) is 13.6. The number of rotatable bonds is 5. The summed E-state index contributed by atoms with van der Waals surface area (Å²) in [6, 6.07) is 0.0973. The quantitative estimate of drug-likeness (QED) is 0.783. The predicted octanol–water partition coefficient (Wildman–Crippen LogP) is 2.32. The van der Waals surface area contributed by atoms with E-state index in [2.05, 4.69) is 12.0 Å². The number of hydrogen-bond acceptors (Lipinski definition) is 3. The van der Waals surface area contributed by atoms with Crippen molar-refractivity contribution in [1.82, 2.24) is 14.1 Å². The topological polar surface area (TPSA) is 55.2 Å². The lowest BCUT2D eigenvalue weighted by molar-refractivity contribution is 0.239. The van der Waals surface area contributed by atoms with Crippen molar-refractivity contribution >= 4 is 21.6 Å². The third-order valence-corrected chi connectivity index (χ3v) is 6.06. The van der Waals surface area contributed by atoms with E-state index in [9.17, 15) is 8.42 Å². The smallest absolute Gasteiger partial charge is 0.246 e. The minimum atomic E-state index is -3.45. The van der Waals surface area contributed by atoms with Crippen molar-refractivity contribution in [3.8, 4) is 0 Å². The van der Waals surface area contributed by atoms with Gasteiger partial charge in [-0.25, -0.2) is 8.42 Å². The van der Waals surface area contributed by atoms with Gasteiger partial charge in [0.05, 0.1) is 12.7 Å². The Morgan fingerprint density at radius 2 is 2.25 bits per heavy atom. The summed E-state index contributed by atoms with van der Waals surface area (Å²) < 4.78 is 28.3. The van der Waals surface area contributed by atoms with Crippen molar-refractivity contribution in [2.45, 2.75) is 50.1 Å². The Morgan fingerprint density at radius 3 is 2.90 bits per heavy atom. The first-order valence-electron chi connectivity index (χ1n) is 7.01. The summed E-state index contributed by atoms with van der Waals surface area (Å²) >= 11 is 5.64. The van der Waals surface area contributed by atoms with Crippen molar-refractivity contribution in [2.75, 3.05) is 12.9 Å². The molecule has 0 saturated heterocycles. The van der Waals surface area contributed by atoms with Gasteiger partial charge >= 0.3 is 0 Å². The second kappa shape index (κ2) is 6.45. The van der Waals surface area contributed by atoms with Crippen LogP contribution in [0.15, 0.2) is 17.3 Å². The predicted molar refractivity (Wildman–Crippen MR) is 79.3 cm³/mol. The van der Waals surface area contributed by atoms with E-state index in [1.807, 2.05) is 0 Å². The van der Waals surface area contributed by atoms with Gasteiger partial charge in [-0.05, 0) is 18.8 Å². The maximum Gasteiger partial charge on any atom is 0.246 e. The molecule has 1 aromatic rings. The maximum atomic E-state index is 12.6. The van der Waals surface area contributed by atoms with Crippen LogP contribution in [0.3, 0.4) is 0 Å². The van der Waals surface area contributed by atoms with Gasteiger partial charge in [-0.1, -0.05) is 19.8 Å². The van der Waals surface area contributed by atoms with Crippen LogP contribution in [0, 0.1) is 5.92 Å². The van der Waals surface area contributed by atoms with Crippen molar-refractivity contribution < 1.29 is 8.42 Å². The number of hydrogen-bond donors (Lipinski definition) is 0. The first-order valence-corrected chi connectivity index (χ1v) is 8.99. The first-order chi connectivity index (χ1) is 9.45. The zero-order valence-electron chi connectivity index (χ0n) is 12.0. The van der Waals surface area contributed by atoms with E-state index in [4.69, 9.17) is 11.6 Å². The normalized spacial score (nSPS) is 24.2. The van der Waals surface area contributed by atoms with Gasteiger partial charge in [0.25, 0.3) is 0 Å². The molecule has 2 rings (SSSR count). The lowest BCUT2D eigenvalue weighted by Gasteiger charge is -2.33. The third kappa shape index (κ3) is 3.35. The standard InChI is InChI=1S/C13H22ClN3O2S/c1-11-4-3-5-12(8-11)16(2)20(18,19)13-9-15-17(10-13)7-6-14/h9-12H,3-8H2,1-2H3. The van der Waals surface area contributed by atoms with Gasteiger partial charge in [0.15, 0.2) is 0 Å². The molecule has 5 nitrogen and oxygen atoms in total. The number of aryl methyl sites for hydroxylation is 1. The van der Waals surface area contributed by atoms with Crippen LogP contribution < -0.4 is 0 Å². The number of sulfonamides is 1. The van der Waals surface area contributed by atoms with Crippen molar-refractivity contribution in [3.05, 3.63) is 12.4 Å². The summed E-state index contributed by atoms with van der Waals surface area (Å²) in [4.78, 5) is 0.253. The highest BCUT2D eigenvalue weighted by Gasteiger charge is 2.31. The number of nitrogens with zero attached hydrogens (tertiary/aromatic N) is 3. The van der Waals surface area contributed by atoms with Crippen LogP contribution in [0.2, 0.25) is 0 Å². The van der Waals surface area contributed by atoms with Crippen molar-refractivity contribution in [1.29, 1.82) is 0 Å². The zero-order chi connectivity index (χ0) is 14.8. The van der Waals surface area contributed by atoms with Gasteiger partial charge in [-0.2, -0.15) is 9.40 Å². The molecule has 114 valence electrons. The average molecular weight is 320 g/mol. The molecule has 0 N–H and O–H groups in total. The highest BCUT2D eigenvalue weighted by Crippen LogP contribution is 2.29. The Labute approximate surface area is 126 Å². The lowest BCUT2D eigenvalue weighted by Crippen LogP contribution is -2.39. The second-order valence-electron chi connectivity index (χ2n) is 5.57. The summed E-state index contributed by atoms with van der Waals surface area (Å²) in [5.41, 5.74) is 0. The van der Waals surface area contributed by atoms with Crippen LogP contribution >= 0.6 is 11.6 Å². The molecule has 0 amide bonds. The molecule has 0 bridgehead atoms. The van der Waals surface area contributed by atoms with E-state index in [0.29, 0.717) is 18.3 Å². The van der Waals surface area contributed by atoms with Gasteiger partial charge in [-0.3, -0.25) is 4.68 Å². The van der Waals surface area contributed by atoms with Crippen LogP contribution in [-0.4, -0.2) is 41.5 Å². The fourth-order valence-electron chi connectivity index (χ4n) is 2.78. The summed E-state index contributed by atoms with van der Waals surface area (Å²) in [5.74, 6) is 1.00. The molecule has 20 heavy (non-hydrogen) atoms. The van der Waals surface area contributed by atoms with E-state index in [0.717, 1.165) is 19.3 Å². The molecule has 7 heteroatoms. The van der Waals surface area contributed by atoms with Gasteiger partial charge in [0.1, 0.15) is 4.90 Å². The summed E-state index contributed by atoms with van der Waals surface area (Å²) in [6.07, 6.45) is 7.13. The van der Waals surface area contributed by atoms with Crippen LogP contribution in [0.25, 0.3) is 0 Å². The Morgan fingerprint density at radius 1 is 1.50 bits per heavy atom. The molecule has 1 saturated carbocycles. The molecule has 0 spiro atoms. The fourth-order valence-corrected chi connectivity index (χ4v) is 4.31. The average Bonchev–Trinajstić information content (AvgIpc) is 2.87. The molecule has 1 aliphatic rings. The van der Waals surface area contributed by atoms with Gasteiger partial charge < -0.3 is 0 Å².